The van der Waals surface area contributed by atoms with E-state index >= 15 is 0 Å². The smallest absolute Gasteiger partial charge is 0.321 e. The van der Waals surface area contributed by atoms with Crippen molar-refractivity contribution in [3.8, 4) is 0 Å². The van der Waals surface area contributed by atoms with Gasteiger partial charge in [0, 0.05) is 0 Å². The van der Waals surface area contributed by atoms with E-state index in [0.717, 1.165) is 12.1 Å². The van der Waals surface area contributed by atoms with Crippen LogP contribution in [0.2, 0.25) is 0 Å². The fourth-order valence-corrected chi connectivity index (χ4v) is 3.95. The number of hydrogen-bond donors (Lipinski definition) is 2. The van der Waals surface area contributed by atoms with E-state index < -0.39 is 23.6 Å². The number of benzene rings is 1. The summed E-state index contributed by atoms with van der Waals surface area (Å²) in [5.41, 5.74) is 5.66. The maximum absolute atomic E-state index is 13.6. The molecule has 0 radical (unpaired) electrons. The minimum absolute atomic E-state index is 0.0678. The lowest BCUT2D eigenvalue weighted by molar-refractivity contribution is -0.220. The van der Waals surface area contributed by atoms with Crippen LogP contribution in [0.4, 0.5) is 8.78 Å². The van der Waals surface area contributed by atoms with Crippen LogP contribution in [0.1, 0.15) is 24.8 Å². The summed E-state index contributed by atoms with van der Waals surface area (Å²) in [6, 6.07) is 2.61. The van der Waals surface area contributed by atoms with Crippen LogP contribution in [0, 0.1) is 22.5 Å². The van der Waals surface area contributed by atoms with Gasteiger partial charge in [0.2, 0.25) is 0 Å². The second kappa shape index (κ2) is 3.76. The van der Waals surface area contributed by atoms with E-state index in [-0.39, 0.29) is 10.8 Å². The molecule has 19 heavy (non-hydrogen) atoms. The van der Waals surface area contributed by atoms with Crippen molar-refractivity contribution in [2.24, 2.45) is 16.6 Å². The molecule has 4 rings (SSSR count). The molecule has 0 heterocycles. The average Bonchev–Trinajstić information content (AvgIpc) is 2.25. The molecule has 3 saturated carbocycles. The number of halogens is 2. The molecule has 0 aromatic heterocycles. The second-order valence-corrected chi connectivity index (χ2v) is 6.12. The molecule has 0 spiro atoms. The summed E-state index contributed by atoms with van der Waals surface area (Å²) >= 11 is 0. The van der Waals surface area contributed by atoms with Crippen molar-refractivity contribution in [2.45, 2.75) is 31.7 Å². The van der Waals surface area contributed by atoms with Gasteiger partial charge in [-0.3, -0.25) is 4.79 Å². The molecular weight excluding hydrogens is 252 g/mol. The zero-order valence-electron chi connectivity index (χ0n) is 10.3. The molecule has 3 aliphatic rings. The number of rotatable bonds is 4. The fourth-order valence-electron chi connectivity index (χ4n) is 3.95. The van der Waals surface area contributed by atoms with E-state index in [2.05, 4.69) is 0 Å². The topological polar surface area (TPSA) is 63.3 Å². The van der Waals surface area contributed by atoms with Gasteiger partial charge in [0.25, 0.3) is 0 Å². The molecule has 1 aromatic rings. The highest BCUT2D eigenvalue weighted by Gasteiger charge is 2.70. The number of nitrogens with two attached hydrogens (primary N) is 1. The van der Waals surface area contributed by atoms with Crippen molar-refractivity contribution in [3.63, 3.8) is 0 Å². The first-order valence-electron chi connectivity index (χ1n) is 6.28. The van der Waals surface area contributed by atoms with Crippen LogP contribution in [0.5, 0.6) is 0 Å². The standard InChI is InChI=1S/C14H15F2NO2/c15-9-1-2-10(16)8(3-9)4-13-5-14(6-13,7-13)11(17)12(18)19/h1-3,11H,4-7,17H2,(H,18,19). The second-order valence-electron chi connectivity index (χ2n) is 6.12. The Labute approximate surface area is 109 Å². The number of carbonyl (C=O) groups is 1. The Balaban J connectivity index is 1.70. The summed E-state index contributed by atoms with van der Waals surface area (Å²) in [5, 5.41) is 8.93. The summed E-state index contributed by atoms with van der Waals surface area (Å²) in [6.45, 7) is 0. The van der Waals surface area contributed by atoms with Crippen LogP contribution in [-0.4, -0.2) is 17.1 Å². The quantitative estimate of drug-likeness (QED) is 0.878. The Hall–Kier alpha value is -1.49. The number of carboxylic acids is 1. The van der Waals surface area contributed by atoms with Crippen molar-refractivity contribution in [1.29, 1.82) is 0 Å². The Kier molecular flexibility index (Phi) is 2.48. The molecule has 0 aliphatic heterocycles. The van der Waals surface area contributed by atoms with Gasteiger partial charge in [0.15, 0.2) is 0 Å². The zero-order valence-corrected chi connectivity index (χ0v) is 10.3. The molecule has 102 valence electrons. The van der Waals surface area contributed by atoms with E-state index in [9.17, 15) is 13.6 Å². The van der Waals surface area contributed by atoms with E-state index in [4.69, 9.17) is 10.8 Å². The maximum atomic E-state index is 13.6. The lowest BCUT2D eigenvalue weighted by Gasteiger charge is -2.72. The van der Waals surface area contributed by atoms with Crippen molar-refractivity contribution < 1.29 is 18.7 Å². The van der Waals surface area contributed by atoms with E-state index in [1.165, 1.54) is 6.07 Å². The summed E-state index contributed by atoms with van der Waals surface area (Å²) in [7, 11) is 0. The SMILES string of the molecule is NC(C(=O)O)C12CC(Cc3cc(F)ccc3F)(C1)C2. The van der Waals surface area contributed by atoms with Gasteiger partial charge in [-0.1, -0.05) is 0 Å². The minimum atomic E-state index is -0.981. The Morgan fingerprint density at radius 1 is 1.37 bits per heavy atom. The van der Waals surface area contributed by atoms with E-state index in [0.29, 0.717) is 31.2 Å². The average molecular weight is 267 g/mol. The number of carboxylic acid groups (broad SMARTS) is 1. The van der Waals surface area contributed by atoms with Gasteiger partial charge in [-0.25, -0.2) is 8.78 Å². The molecule has 5 heteroatoms. The van der Waals surface area contributed by atoms with Crippen molar-refractivity contribution in [2.75, 3.05) is 0 Å². The van der Waals surface area contributed by atoms with Crippen LogP contribution in [0.3, 0.4) is 0 Å². The maximum Gasteiger partial charge on any atom is 0.321 e. The normalized spacial score (nSPS) is 33.2. The van der Waals surface area contributed by atoms with Gasteiger partial charge in [-0.05, 0) is 60.3 Å². The summed E-state index contributed by atoms with van der Waals surface area (Å²) in [4.78, 5) is 10.9. The van der Waals surface area contributed by atoms with Crippen molar-refractivity contribution >= 4 is 5.97 Å². The molecular formula is C14H15F2NO2. The molecule has 1 unspecified atom stereocenters. The highest BCUT2D eigenvalue weighted by Crippen LogP contribution is 2.75. The minimum Gasteiger partial charge on any atom is -0.480 e. The van der Waals surface area contributed by atoms with Crippen LogP contribution in [0.15, 0.2) is 18.2 Å². The molecule has 3 N–H and O–H groups in total. The van der Waals surface area contributed by atoms with Gasteiger partial charge >= 0.3 is 5.97 Å². The van der Waals surface area contributed by atoms with Crippen molar-refractivity contribution in [1.82, 2.24) is 0 Å². The number of hydrogen-bond acceptors (Lipinski definition) is 2. The van der Waals surface area contributed by atoms with Crippen LogP contribution in [-0.2, 0) is 11.2 Å². The van der Waals surface area contributed by atoms with Crippen LogP contribution >= 0.6 is 0 Å². The fraction of sp³-hybridized carbons (Fsp3) is 0.500. The highest BCUT2D eigenvalue weighted by atomic mass is 19.1. The third-order valence-electron chi connectivity index (χ3n) is 4.68. The van der Waals surface area contributed by atoms with Gasteiger partial charge in [-0.15, -0.1) is 0 Å². The zero-order chi connectivity index (χ0) is 13.8. The highest BCUT2D eigenvalue weighted by molar-refractivity contribution is 5.75. The molecule has 2 bridgehead atoms. The predicted molar refractivity (Wildman–Crippen MR) is 64.4 cm³/mol. The predicted octanol–water partition coefficient (Wildman–Crippen LogP) is 2.09. The molecule has 1 aromatic carbocycles. The lowest BCUT2D eigenvalue weighted by atomic mass is 9.32. The first-order valence-corrected chi connectivity index (χ1v) is 6.28. The Morgan fingerprint density at radius 3 is 2.58 bits per heavy atom. The van der Waals surface area contributed by atoms with Crippen LogP contribution in [0.25, 0.3) is 0 Å². The van der Waals surface area contributed by atoms with Gasteiger partial charge in [0.1, 0.15) is 17.7 Å². The molecule has 3 aliphatic carbocycles. The largest absolute Gasteiger partial charge is 0.480 e. The summed E-state index contributed by atoms with van der Waals surface area (Å²) < 4.78 is 26.7. The molecule has 0 saturated heterocycles. The third kappa shape index (κ3) is 1.75. The molecule has 3 nitrogen and oxygen atoms in total. The lowest BCUT2D eigenvalue weighted by Crippen LogP contribution is -2.71. The van der Waals surface area contributed by atoms with E-state index in [1.54, 1.807) is 0 Å². The first-order chi connectivity index (χ1) is 8.86. The van der Waals surface area contributed by atoms with Gasteiger partial charge in [0.05, 0.1) is 0 Å². The number of aliphatic carboxylic acids is 1. The first kappa shape index (κ1) is 12.5. The van der Waals surface area contributed by atoms with Crippen LogP contribution < -0.4 is 5.73 Å². The Morgan fingerprint density at radius 2 is 2.00 bits per heavy atom. The summed E-state index contributed by atoms with van der Waals surface area (Å²) in [6.07, 6.45) is 2.56. The Bertz CT molecular complexity index is 539. The molecule has 3 fully saturated rings. The molecule has 0 amide bonds. The van der Waals surface area contributed by atoms with Gasteiger partial charge < -0.3 is 10.8 Å². The third-order valence-corrected chi connectivity index (χ3v) is 4.68. The molecule has 1 atom stereocenters. The monoisotopic (exact) mass is 267 g/mol. The van der Waals surface area contributed by atoms with E-state index in [1.807, 2.05) is 0 Å². The summed E-state index contributed by atoms with van der Waals surface area (Å²) in [5.74, 6) is -1.83. The van der Waals surface area contributed by atoms with Crippen molar-refractivity contribution in [3.05, 3.63) is 35.4 Å². The van der Waals surface area contributed by atoms with Gasteiger partial charge in [-0.2, -0.15) is 0 Å².